The number of hydrogen-bond acceptors (Lipinski definition) is 8. The lowest BCUT2D eigenvalue weighted by Crippen LogP contribution is -2.39. The molecule has 0 aromatic heterocycles. The molecule has 0 bridgehead atoms. The Morgan fingerprint density at radius 2 is 1.61 bits per heavy atom. The number of benzene rings is 2. The van der Waals surface area contributed by atoms with E-state index in [4.69, 9.17) is 19.4 Å². The molecule has 0 saturated carbocycles. The molecular formula is C22H27NO7S. The topological polar surface area (TPSA) is 122 Å². The van der Waals surface area contributed by atoms with Crippen LogP contribution in [0, 0.1) is 0 Å². The Kier molecular flexibility index (Phi) is 8.58. The molecule has 0 radical (unpaired) electrons. The van der Waals surface area contributed by atoms with Crippen molar-refractivity contribution in [3.8, 4) is 5.75 Å². The predicted octanol–water partition coefficient (Wildman–Crippen LogP) is 2.52. The lowest BCUT2D eigenvalue weighted by molar-refractivity contribution is -0.150. The molecule has 2 N–H and O–H groups in total. The largest absolute Gasteiger partial charge is 0.463 e. The van der Waals surface area contributed by atoms with E-state index >= 15 is 0 Å². The van der Waals surface area contributed by atoms with E-state index in [-0.39, 0.29) is 24.9 Å². The quantitative estimate of drug-likeness (QED) is 0.434. The molecule has 2 aromatic rings. The van der Waals surface area contributed by atoms with Crippen molar-refractivity contribution in [3.63, 3.8) is 0 Å². The number of esters is 2. The minimum absolute atomic E-state index is 0.0532. The van der Waals surface area contributed by atoms with Gasteiger partial charge in [0.2, 0.25) is 0 Å². The second-order valence-corrected chi connectivity index (χ2v) is 8.90. The highest BCUT2D eigenvalue weighted by molar-refractivity contribution is 7.86. The molecule has 2 rings (SSSR count). The molecule has 2 atom stereocenters. The van der Waals surface area contributed by atoms with E-state index < -0.39 is 34.0 Å². The summed E-state index contributed by atoms with van der Waals surface area (Å²) in [7, 11) is -3.68. The predicted molar refractivity (Wildman–Crippen MR) is 115 cm³/mol. The zero-order valence-corrected chi connectivity index (χ0v) is 18.5. The van der Waals surface area contributed by atoms with Gasteiger partial charge in [-0.3, -0.25) is 9.59 Å². The maximum absolute atomic E-state index is 12.6. The number of nitrogens with two attached hydrogens (primary N) is 1. The Labute approximate surface area is 182 Å². The molecule has 0 aliphatic carbocycles. The summed E-state index contributed by atoms with van der Waals surface area (Å²) in [4.78, 5) is 24.9. The van der Waals surface area contributed by atoms with E-state index in [0.717, 1.165) is 11.8 Å². The van der Waals surface area contributed by atoms with Crippen molar-refractivity contribution in [2.75, 3.05) is 6.26 Å². The van der Waals surface area contributed by atoms with Crippen molar-refractivity contribution < 1.29 is 31.7 Å². The van der Waals surface area contributed by atoms with Gasteiger partial charge in [-0.05, 0) is 37.1 Å². The van der Waals surface area contributed by atoms with Gasteiger partial charge in [0.1, 0.15) is 18.4 Å². The Balaban J connectivity index is 2.18. The third kappa shape index (κ3) is 8.39. The van der Waals surface area contributed by atoms with Crippen LogP contribution in [-0.2, 0) is 35.8 Å². The fourth-order valence-electron chi connectivity index (χ4n) is 2.88. The molecule has 0 saturated heterocycles. The standard InChI is InChI=1S/C22H27NO7S/c1-15(2)29-20(24)13-19(17-9-11-18(12-10-17)30-31(3,26)27)21(23)22(25)28-14-16-7-5-4-6-8-16/h4-12,15,19,21H,13-14,23H2,1-3H3. The fraction of sp³-hybridized carbons (Fsp3) is 0.364. The van der Waals surface area contributed by atoms with Crippen LogP contribution in [0.25, 0.3) is 0 Å². The Morgan fingerprint density at radius 1 is 1.00 bits per heavy atom. The first-order valence-electron chi connectivity index (χ1n) is 9.70. The summed E-state index contributed by atoms with van der Waals surface area (Å²) < 4.78 is 37.9. The smallest absolute Gasteiger partial charge is 0.323 e. The normalized spacial score (nSPS) is 13.3. The highest BCUT2D eigenvalue weighted by Crippen LogP contribution is 2.27. The van der Waals surface area contributed by atoms with Gasteiger partial charge in [0, 0.05) is 5.92 Å². The molecule has 0 heterocycles. The van der Waals surface area contributed by atoms with Crippen LogP contribution in [0.4, 0.5) is 0 Å². The average molecular weight is 450 g/mol. The maximum Gasteiger partial charge on any atom is 0.323 e. The summed E-state index contributed by atoms with van der Waals surface area (Å²) in [6, 6.07) is 14.0. The van der Waals surface area contributed by atoms with Crippen LogP contribution in [0.15, 0.2) is 54.6 Å². The first-order valence-corrected chi connectivity index (χ1v) is 11.5. The number of carbonyl (C=O) groups is 2. The van der Waals surface area contributed by atoms with E-state index in [9.17, 15) is 18.0 Å². The lowest BCUT2D eigenvalue weighted by atomic mass is 9.89. The van der Waals surface area contributed by atoms with Crippen molar-refractivity contribution in [3.05, 3.63) is 65.7 Å². The number of rotatable bonds is 10. The third-order valence-electron chi connectivity index (χ3n) is 4.24. The van der Waals surface area contributed by atoms with Crippen LogP contribution < -0.4 is 9.92 Å². The highest BCUT2D eigenvalue weighted by atomic mass is 32.2. The van der Waals surface area contributed by atoms with Crippen molar-refractivity contribution in [1.29, 1.82) is 0 Å². The van der Waals surface area contributed by atoms with Crippen LogP contribution in [0.3, 0.4) is 0 Å². The summed E-state index contributed by atoms with van der Waals surface area (Å²) in [5.41, 5.74) is 7.52. The van der Waals surface area contributed by atoms with E-state index in [2.05, 4.69) is 0 Å². The molecule has 168 valence electrons. The molecule has 9 heteroatoms. The van der Waals surface area contributed by atoms with Gasteiger partial charge in [0.25, 0.3) is 0 Å². The monoisotopic (exact) mass is 449 g/mol. The minimum atomic E-state index is -3.68. The molecule has 31 heavy (non-hydrogen) atoms. The number of carbonyl (C=O) groups excluding carboxylic acids is 2. The summed E-state index contributed by atoms with van der Waals surface area (Å²) in [5.74, 6) is -1.80. The molecule has 2 aromatic carbocycles. The van der Waals surface area contributed by atoms with Crippen LogP contribution in [0.1, 0.15) is 37.3 Å². The molecule has 0 spiro atoms. The zero-order chi connectivity index (χ0) is 23.0. The molecule has 8 nitrogen and oxygen atoms in total. The second kappa shape index (κ2) is 10.9. The summed E-state index contributed by atoms with van der Waals surface area (Å²) in [6.45, 7) is 3.49. The molecule has 0 aliphatic rings. The Bertz CT molecular complexity index is 973. The van der Waals surface area contributed by atoms with Crippen LogP contribution >= 0.6 is 0 Å². The third-order valence-corrected chi connectivity index (χ3v) is 4.73. The lowest BCUT2D eigenvalue weighted by Gasteiger charge is -2.23. The van der Waals surface area contributed by atoms with Crippen molar-refractivity contribution in [2.45, 2.75) is 44.9 Å². The van der Waals surface area contributed by atoms with Crippen LogP contribution in [0.2, 0.25) is 0 Å². The molecule has 0 aliphatic heterocycles. The number of hydrogen-bond donors (Lipinski definition) is 1. The van der Waals surface area contributed by atoms with Gasteiger partial charge in [-0.2, -0.15) is 8.42 Å². The van der Waals surface area contributed by atoms with Gasteiger partial charge in [-0.1, -0.05) is 42.5 Å². The molecular weight excluding hydrogens is 422 g/mol. The van der Waals surface area contributed by atoms with Crippen molar-refractivity contribution >= 4 is 22.1 Å². The van der Waals surface area contributed by atoms with E-state index in [1.807, 2.05) is 30.3 Å². The first kappa shape index (κ1) is 24.4. The molecule has 0 amide bonds. The Morgan fingerprint density at radius 3 is 2.16 bits per heavy atom. The van der Waals surface area contributed by atoms with Gasteiger partial charge < -0.3 is 19.4 Å². The van der Waals surface area contributed by atoms with Gasteiger partial charge in [0.15, 0.2) is 0 Å². The minimum Gasteiger partial charge on any atom is -0.463 e. The van der Waals surface area contributed by atoms with Crippen molar-refractivity contribution in [2.24, 2.45) is 5.73 Å². The summed E-state index contributed by atoms with van der Waals surface area (Å²) in [6.07, 6.45) is 0.469. The van der Waals surface area contributed by atoms with Gasteiger partial charge in [0.05, 0.1) is 18.8 Å². The first-order chi connectivity index (χ1) is 14.5. The molecule has 0 fully saturated rings. The fourth-order valence-corrected chi connectivity index (χ4v) is 3.34. The van der Waals surface area contributed by atoms with E-state index in [1.165, 1.54) is 12.1 Å². The summed E-state index contributed by atoms with van der Waals surface area (Å²) in [5, 5.41) is 0. The second-order valence-electron chi connectivity index (χ2n) is 7.32. The van der Waals surface area contributed by atoms with Crippen LogP contribution in [0.5, 0.6) is 5.75 Å². The maximum atomic E-state index is 12.6. The van der Waals surface area contributed by atoms with E-state index in [1.54, 1.807) is 26.0 Å². The zero-order valence-electron chi connectivity index (χ0n) is 17.7. The molecule has 2 unspecified atom stereocenters. The van der Waals surface area contributed by atoms with Crippen molar-refractivity contribution in [1.82, 2.24) is 0 Å². The summed E-state index contributed by atoms with van der Waals surface area (Å²) >= 11 is 0. The Hall–Kier alpha value is -2.91. The number of ether oxygens (including phenoxy) is 2. The van der Waals surface area contributed by atoms with Gasteiger partial charge in [-0.25, -0.2) is 0 Å². The average Bonchev–Trinajstić information content (AvgIpc) is 2.69. The van der Waals surface area contributed by atoms with E-state index in [0.29, 0.717) is 5.56 Å². The van der Waals surface area contributed by atoms with Crippen LogP contribution in [-0.4, -0.2) is 38.8 Å². The highest BCUT2D eigenvalue weighted by Gasteiger charge is 2.30. The van der Waals surface area contributed by atoms with Gasteiger partial charge in [-0.15, -0.1) is 0 Å². The SMILES string of the molecule is CC(C)OC(=O)CC(c1ccc(OS(C)(=O)=O)cc1)C(N)C(=O)OCc1ccccc1. The van der Waals surface area contributed by atoms with Gasteiger partial charge >= 0.3 is 22.1 Å².